The molecule has 210 valence electrons. The van der Waals surface area contributed by atoms with Crippen LogP contribution in [-0.4, -0.2) is 85.0 Å². The first-order valence-electron chi connectivity index (χ1n) is 12.4. The number of nitrogens with one attached hydrogen (secondary N) is 1. The number of cyclic esters (lactones) is 1. The van der Waals surface area contributed by atoms with Crippen LogP contribution in [0.3, 0.4) is 0 Å². The molecule has 2 aliphatic rings. The summed E-state index contributed by atoms with van der Waals surface area (Å²) in [6.45, 7) is 1.54. The molecule has 2 saturated heterocycles. The number of nitrogens with zero attached hydrogens (tertiary/aromatic N) is 3. The average molecular weight is 567 g/mol. The highest BCUT2D eigenvalue weighted by atomic mass is 32.1. The first kappa shape index (κ1) is 28.6. The van der Waals surface area contributed by atoms with E-state index in [-0.39, 0.29) is 49.1 Å². The number of ether oxygens (including phenoxy) is 1. The van der Waals surface area contributed by atoms with Crippen molar-refractivity contribution in [1.29, 1.82) is 0 Å². The zero-order valence-electron chi connectivity index (χ0n) is 20.9. The molecular formula is C26H29F3N4O5S. The number of phenols is 1. The number of aromatic hydroxyl groups is 1. The molecule has 1 unspecified atom stereocenters. The number of amides is 2. The average Bonchev–Trinajstić information content (AvgIpc) is 3.30. The zero-order valence-corrected chi connectivity index (χ0v) is 21.8. The van der Waals surface area contributed by atoms with Gasteiger partial charge in [-0.2, -0.15) is 12.6 Å². The predicted molar refractivity (Wildman–Crippen MR) is 141 cm³/mol. The number of piperazine rings is 1. The fourth-order valence-corrected chi connectivity index (χ4v) is 4.60. The Bertz CT molecular complexity index is 1210. The molecule has 0 spiro atoms. The first-order valence-corrected chi connectivity index (χ1v) is 13.0. The lowest BCUT2D eigenvalue weighted by atomic mass is 10.1. The number of alkyl halides is 2. The molecule has 2 aliphatic heterocycles. The third kappa shape index (κ3) is 7.15. The number of Topliss-reactive ketones (excluding diaryl/α,β-unsaturated/α-hetero) is 1. The zero-order chi connectivity index (χ0) is 28.1. The number of thiol groups is 1. The van der Waals surface area contributed by atoms with Gasteiger partial charge in [-0.15, -0.1) is 0 Å². The standard InChI is InChI=1S/C26H29F3N4O5S/c27-20-13-17(33-15-19(38-26(33)37)14-30-25(39)24(28)29)4-5-21(20)31-8-10-32(11-9-31)23(36)7-6-22(35)16-2-1-3-18(34)12-16/h1-5,12-13,19,24-25,30,34,39H,6-11,14-15H2/t19-,25?/m0/s1. The van der Waals surface area contributed by atoms with E-state index in [1.807, 2.05) is 0 Å². The lowest BCUT2D eigenvalue weighted by Crippen LogP contribution is -2.49. The molecule has 2 heterocycles. The third-order valence-corrected chi connectivity index (χ3v) is 7.03. The Morgan fingerprint density at radius 2 is 1.85 bits per heavy atom. The molecule has 9 nitrogen and oxygen atoms in total. The number of carbonyl (C=O) groups is 3. The van der Waals surface area contributed by atoms with Gasteiger partial charge < -0.3 is 19.6 Å². The summed E-state index contributed by atoms with van der Waals surface area (Å²) in [4.78, 5) is 41.9. The fraction of sp³-hybridized carbons (Fsp3) is 0.423. The number of benzene rings is 2. The second kappa shape index (κ2) is 12.6. The molecule has 0 bridgehead atoms. The molecule has 2 atom stereocenters. The molecule has 0 radical (unpaired) electrons. The van der Waals surface area contributed by atoms with E-state index < -0.39 is 29.8 Å². The van der Waals surface area contributed by atoms with Gasteiger partial charge in [-0.25, -0.2) is 18.0 Å². The van der Waals surface area contributed by atoms with Crippen molar-refractivity contribution in [3.8, 4) is 5.75 Å². The van der Waals surface area contributed by atoms with Gasteiger partial charge in [0.1, 0.15) is 23.0 Å². The summed E-state index contributed by atoms with van der Waals surface area (Å²) in [7, 11) is 0. The van der Waals surface area contributed by atoms with E-state index in [2.05, 4.69) is 17.9 Å². The smallest absolute Gasteiger partial charge is 0.414 e. The van der Waals surface area contributed by atoms with E-state index in [4.69, 9.17) is 4.74 Å². The normalized spacial score (nSPS) is 18.4. The highest BCUT2D eigenvalue weighted by molar-refractivity contribution is 7.80. The Hall–Kier alpha value is -3.45. The van der Waals surface area contributed by atoms with Gasteiger partial charge in [0.15, 0.2) is 5.78 Å². The van der Waals surface area contributed by atoms with Gasteiger partial charge in [0, 0.05) is 51.1 Å². The van der Waals surface area contributed by atoms with Crippen LogP contribution in [0.1, 0.15) is 23.2 Å². The van der Waals surface area contributed by atoms with E-state index in [1.54, 1.807) is 34.1 Å². The molecule has 0 aromatic heterocycles. The van der Waals surface area contributed by atoms with Gasteiger partial charge in [-0.05, 0) is 30.3 Å². The SMILES string of the molecule is O=C(CCC(=O)N1CCN(c2ccc(N3C[C@H](CNC(S)C(F)F)OC3=O)cc2F)CC1)c1cccc(O)c1. The maximum atomic E-state index is 15.0. The van der Waals surface area contributed by atoms with Gasteiger partial charge in [-0.1, -0.05) is 12.1 Å². The minimum Gasteiger partial charge on any atom is -0.508 e. The largest absolute Gasteiger partial charge is 0.508 e. The van der Waals surface area contributed by atoms with Crippen LogP contribution in [0.2, 0.25) is 0 Å². The van der Waals surface area contributed by atoms with Crippen LogP contribution in [0.5, 0.6) is 5.75 Å². The van der Waals surface area contributed by atoms with Crippen molar-refractivity contribution >= 4 is 41.8 Å². The van der Waals surface area contributed by atoms with E-state index in [0.717, 1.165) is 0 Å². The number of halogens is 3. The third-order valence-electron chi connectivity index (χ3n) is 6.62. The molecule has 2 aromatic carbocycles. The van der Waals surface area contributed by atoms with Crippen LogP contribution >= 0.6 is 12.6 Å². The number of hydrogen-bond acceptors (Lipinski definition) is 8. The molecule has 4 rings (SSSR count). The van der Waals surface area contributed by atoms with E-state index in [0.29, 0.717) is 37.4 Å². The van der Waals surface area contributed by atoms with Crippen molar-refractivity contribution in [2.24, 2.45) is 0 Å². The van der Waals surface area contributed by atoms with Crippen molar-refractivity contribution in [2.75, 3.05) is 49.1 Å². The van der Waals surface area contributed by atoms with Gasteiger partial charge in [-0.3, -0.25) is 19.8 Å². The summed E-state index contributed by atoms with van der Waals surface area (Å²) >= 11 is 3.73. The predicted octanol–water partition coefficient (Wildman–Crippen LogP) is 3.28. The van der Waals surface area contributed by atoms with E-state index in [9.17, 15) is 28.3 Å². The number of hydrogen-bond donors (Lipinski definition) is 3. The van der Waals surface area contributed by atoms with Crippen LogP contribution in [0.15, 0.2) is 42.5 Å². The van der Waals surface area contributed by atoms with Crippen LogP contribution in [-0.2, 0) is 9.53 Å². The second-order valence-electron chi connectivity index (χ2n) is 9.28. The van der Waals surface area contributed by atoms with Crippen molar-refractivity contribution < 1.29 is 37.4 Å². The maximum absolute atomic E-state index is 15.0. The van der Waals surface area contributed by atoms with Crippen LogP contribution in [0.4, 0.5) is 29.3 Å². The molecule has 2 aromatic rings. The second-order valence-corrected chi connectivity index (χ2v) is 9.84. The van der Waals surface area contributed by atoms with Gasteiger partial charge in [0.2, 0.25) is 5.91 Å². The molecule has 2 amide bonds. The molecular weight excluding hydrogens is 537 g/mol. The number of ketones is 1. The Morgan fingerprint density at radius 1 is 1.10 bits per heavy atom. The highest BCUT2D eigenvalue weighted by Crippen LogP contribution is 2.29. The minimum absolute atomic E-state index is 0.0139. The topological polar surface area (TPSA) is 102 Å². The molecule has 13 heteroatoms. The van der Waals surface area contributed by atoms with Gasteiger partial charge >= 0.3 is 6.09 Å². The number of anilines is 2. The van der Waals surface area contributed by atoms with E-state index in [1.165, 1.54) is 23.1 Å². The minimum atomic E-state index is -2.68. The van der Waals surface area contributed by atoms with Gasteiger partial charge in [0.05, 0.1) is 17.9 Å². The first-order chi connectivity index (χ1) is 18.6. The Morgan fingerprint density at radius 3 is 2.51 bits per heavy atom. The highest BCUT2D eigenvalue weighted by Gasteiger charge is 2.33. The lowest BCUT2D eigenvalue weighted by Gasteiger charge is -2.36. The number of phenolic OH excluding ortho intramolecular Hbond substituents is 1. The molecule has 2 N–H and O–H groups in total. The van der Waals surface area contributed by atoms with Gasteiger partial charge in [0.25, 0.3) is 6.43 Å². The fourth-order valence-electron chi connectivity index (χ4n) is 4.50. The van der Waals surface area contributed by atoms with Crippen molar-refractivity contribution in [3.63, 3.8) is 0 Å². The summed E-state index contributed by atoms with van der Waals surface area (Å²) in [5.74, 6) is -0.969. The van der Waals surface area contributed by atoms with Crippen LogP contribution < -0.4 is 15.1 Å². The quantitative estimate of drug-likeness (QED) is 0.231. The Kier molecular flexibility index (Phi) is 9.23. The van der Waals surface area contributed by atoms with Crippen LogP contribution in [0, 0.1) is 5.82 Å². The molecule has 0 saturated carbocycles. The van der Waals surface area contributed by atoms with E-state index >= 15 is 4.39 Å². The Labute approximate surface area is 228 Å². The monoisotopic (exact) mass is 566 g/mol. The van der Waals surface area contributed by atoms with Crippen LogP contribution in [0.25, 0.3) is 0 Å². The summed E-state index contributed by atoms with van der Waals surface area (Å²) in [5, 5.41) is 10.7. The van der Waals surface area contributed by atoms with Crippen molar-refractivity contribution in [2.45, 2.75) is 30.7 Å². The maximum Gasteiger partial charge on any atom is 0.414 e. The Balaban J connectivity index is 1.27. The lowest BCUT2D eigenvalue weighted by molar-refractivity contribution is -0.131. The molecule has 0 aliphatic carbocycles. The van der Waals surface area contributed by atoms with Crippen molar-refractivity contribution in [3.05, 3.63) is 53.8 Å². The number of rotatable bonds is 10. The summed E-state index contributed by atoms with van der Waals surface area (Å²) in [6, 6.07) is 10.3. The van der Waals surface area contributed by atoms with Crippen molar-refractivity contribution in [1.82, 2.24) is 10.2 Å². The number of carbonyl (C=O) groups excluding carboxylic acids is 3. The summed E-state index contributed by atoms with van der Waals surface area (Å²) in [5.41, 5.74) is 0.953. The molecule has 39 heavy (non-hydrogen) atoms. The summed E-state index contributed by atoms with van der Waals surface area (Å²) in [6.07, 6.45) is -4.00. The summed E-state index contributed by atoms with van der Waals surface area (Å²) < 4.78 is 45.5. The molecule has 2 fully saturated rings.